The maximum Gasteiger partial charge on any atom is 0.101 e. The molecule has 0 bridgehead atoms. The second kappa shape index (κ2) is 5.29. The van der Waals surface area contributed by atoms with Crippen LogP contribution in [-0.2, 0) is 0 Å². The highest BCUT2D eigenvalue weighted by Crippen LogP contribution is 2.28. The molecule has 4 nitrogen and oxygen atoms in total. The van der Waals surface area contributed by atoms with Crippen LogP contribution in [0.15, 0.2) is 18.2 Å². The van der Waals surface area contributed by atoms with Crippen LogP contribution in [0.5, 0.6) is 0 Å². The molecule has 1 unspecified atom stereocenters. The minimum absolute atomic E-state index is 0.165. The van der Waals surface area contributed by atoms with Gasteiger partial charge in [-0.15, -0.1) is 11.3 Å². The molecule has 0 amide bonds. The highest BCUT2D eigenvalue weighted by atomic mass is 32.1. The lowest BCUT2D eigenvalue weighted by molar-refractivity contribution is 0.890. The topological polar surface area (TPSA) is 74.7 Å². The number of nitrogens with two attached hydrogens (primary N) is 1. The van der Waals surface area contributed by atoms with Crippen LogP contribution in [0.3, 0.4) is 0 Å². The summed E-state index contributed by atoms with van der Waals surface area (Å²) in [5.41, 5.74) is 8.78. The third-order valence-corrected chi connectivity index (χ3v) is 4.14. The van der Waals surface area contributed by atoms with E-state index >= 15 is 0 Å². The maximum absolute atomic E-state index is 8.85. The van der Waals surface area contributed by atoms with Crippen molar-refractivity contribution >= 4 is 22.7 Å². The SMILES string of the molecule is Cc1nc(C)c(C(C)Nc2ccc(C#N)c(N)c2)s1. The Bertz CT molecular complexity index is 639. The van der Waals surface area contributed by atoms with E-state index in [1.54, 1.807) is 23.5 Å². The molecule has 0 aliphatic carbocycles. The minimum Gasteiger partial charge on any atom is -0.398 e. The molecule has 0 saturated heterocycles. The van der Waals surface area contributed by atoms with Gasteiger partial charge in [0.1, 0.15) is 6.07 Å². The quantitative estimate of drug-likeness (QED) is 0.840. The van der Waals surface area contributed by atoms with E-state index in [2.05, 4.69) is 23.3 Å². The standard InChI is InChI=1S/C14H16N4S/c1-8-14(19-10(3)17-8)9(2)18-12-5-4-11(7-15)13(16)6-12/h4-6,9,18H,16H2,1-3H3. The van der Waals surface area contributed by atoms with Gasteiger partial charge in [-0.05, 0) is 39.0 Å². The van der Waals surface area contributed by atoms with E-state index < -0.39 is 0 Å². The zero-order valence-electron chi connectivity index (χ0n) is 11.2. The Morgan fingerprint density at radius 3 is 2.68 bits per heavy atom. The molecule has 3 N–H and O–H groups in total. The minimum atomic E-state index is 0.165. The smallest absolute Gasteiger partial charge is 0.101 e. The number of nitrogens with one attached hydrogen (secondary N) is 1. The molecule has 0 saturated carbocycles. The number of benzene rings is 1. The number of aromatic nitrogens is 1. The first-order valence-electron chi connectivity index (χ1n) is 6.01. The van der Waals surface area contributed by atoms with Crippen LogP contribution < -0.4 is 11.1 Å². The Morgan fingerprint density at radius 1 is 1.42 bits per heavy atom. The zero-order valence-corrected chi connectivity index (χ0v) is 12.0. The van der Waals surface area contributed by atoms with E-state index in [1.165, 1.54) is 4.88 Å². The molecule has 2 rings (SSSR count). The van der Waals surface area contributed by atoms with Crippen molar-refractivity contribution in [2.75, 3.05) is 11.1 Å². The monoisotopic (exact) mass is 272 g/mol. The normalized spacial score (nSPS) is 11.9. The molecule has 0 fully saturated rings. The fourth-order valence-electron chi connectivity index (χ4n) is 2.02. The molecule has 0 aliphatic heterocycles. The summed E-state index contributed by atoms with van der Waals surface area (Å²) in [7, 11) is 0. The van der Waals surface area contributed by atoms with Crippen molar-refractivity contribution in [3.05, 3.63) is 39.3 Å². The van der Waals surface area contributed by atoms with Gasteiger partial charge in [0.2, 0.25) is 0 Å². The van der Waals surface area contributed by atoms with Gasteiger partial charge < -0.3 is 11.1 Å². The summed E-state index contributed by atoms with van der Waals surface area (Å²) >= 11 is 1.70. The Hall–Kier alpha value is -2.06. The van der Waals surface area contributed by atoms with E-state index in [0.29, 0.717) is 11.3 Å². The van der Waals surface area contributed by atoms with E-state index in [4.69, 9.17) is 11.0 Å². The lowest BCUT2D eigenvalue weighted by Gasteiger charge is -2.15. The first kappa shape index (κ1) is 13.4. The van der Waals surface area contributed by atoms with Crippen molar-refractivity contribution < 1.29 is 0 Å². The van der Waals surface area contributed by atoms with Gasteiger partial charge in [0.15, 0.2) is 0 Å². The number of nitrogen functional groups attached to an aromatic ring is 1. The maximum atomic E-state index is 8.85. The van der Waals surface area contributed by atoms with E-state index in [1.807, 2.05) is 19.9 Å². The summed E-state index contributed by atoms with van der Waals surface area (Å²) in [6.45, 7) is 6.12. The molecule has 5 heteroatoms. The predicted molar refractivity (Wildman–Crippen MR) is 79.2 cm³/mol. The number of rotatable bonds is 3. The van der Waals surface area contributed by atoms with E-state index in [9.17, 15) is 0 Å². The molecule has 19 heavy (non-hydrogen) atoms. The Labute approximate surface area is 116 Å². The zero-order chi connectivity index (χ0) is 14.0. The summed E-state index contributed by atoms with van der Waals surface area (Å²) in [4.78, 5) is 5.65. The lowest BCUT2D eigenvalue weighted by Crippen LogP contribution is -2.06. The van der Waals surface area contributed by atoms with Crippen molar-refractivity contribution in [3.8, 4) is 6.07 Å². The van der Waals surface area contributed by atoms with Crippen LogP contribution in [0, 0.1) is 25.2 Å². The van der Waals surface area contributed by atoms with Gasteiger partial charge in [0.05, 0.1) is 28.0 Å². The van der Waals surface area contributed by atoms with Gasteiger partial charge >= 0.3 is 0 Å². The Kier molecular flexibility index (Phi) is 3.72. The number of aryl methyl sites for hydroxylation is 2. The molecule has 1 aromatic carbocycles. The molecule has 0 aliphatic rings. The van der Waals surface area contributed by atoms with Gasteiger partial charge in [-0.3, -0.25) is 0 Å². The summed E-state index contributed by atoms with van der Waals surface area (Å²) < 4.78 is 0. The summed E-state index contributed by atoms with van der Waals surface area (Å²) in [6.07, 6.45) is 0. The third-order valence-electron chi connectivity index (χ3n) is 2.89. The van der Waals surface area contributed by atoms with Crippen LogP contribution in [0.4, 0.5) is 11.4 Å². The van der Waals surface area contributed by atoms with Gasteiger partial charge in [-0.25, -0.2) is 4.98 Å². The molecule has 98 valence electrons. The van der Waals surface area contributed by atoms with Crippen molar-refractivity contribution in [1.82, 2.24) is 4.98 Å². The average Bonchev–Trinajstić information content (AvgIpc) is 2.69. The third kappa shape index (κ3) is 2.85. The Balaban J connectivity index is 2.20. The highest BCUT2D eigenvalue weighted by molar-refractivity contribution is 7.11. The fourth-order valence-corrected chi connectivity index (χ4v) is 2.95. The van der Waals surface area contributed by atoms with Gasteiger partial charge in [0, 0.05) is 10.6 Å². The number of nitriles is 1. The van der Waals surface area contributed by atoms with Crippen molar-refractivity contribution in [1.29, 1.82) is 5.26 Å². The molecule has 1 heterocycles. The van der Waals surface area contributed by atoms with Gasteiger partial charge in [-0.2, -0.15) is 5.26 Å². The molecule has 0 radical (unpaired) electrons. The molecular weight excluding hydrogens is 256 g/mol. The molecule has 2 aromatic rings. The Morgan fingerprint density at radius 2 is 2.16 bits per heavy atom. The number of thiazole rings is 1. The van der Waals surface area contributed by atoms with Gasteiger partial charge in [0.25, 0.3) is 0 Å². The fraction of sp³-hybridized carbons (Fsp3) is 0.286. The van der Waals surface area contributed by atoms with Crippen molar-refractivity contribution in [2.45, 2.75) is 26.8 Å². The number of hydrogen-bond acceptors (Lipinski definition) is 5. The van der Waals surface area contributed by atoms with Crippen LogP contribution in [0.2, 0.25) is 0 Å². The molecule has 1 atom stereocenters. The summed E-state index contributed by atoms with van der Waals surface area (Å²) in [6, 6.07) is 7.62. The number of anilines is 2. The van der Waals surface area contributed by atoms with E-state index in [0.717, 1.165) is 16.4 Å². The molecule has 0 spiro atoms. The number of hydrogen-bond donors (Lipinski definition) is 2. The first-order valence-corrected chi connectivity index (χ1v) is 6.83. The van der Waals surface area contributed by atoms with Crippen molar-refractivity contribution in [3.63, 3.8) is 0 Å². The number of nitrogens with zero attached hydrogens (tertiary/aromatic N) is 2. The molecular formula is C14H16N4S. The average molecular weight is 272 g/mol. The van der Waals surface area contributed by atoms with Gasteiger partial charge in [-0.1, -0.05) is 0 Å². The van der Waals surface area contributed by atoms with Crippen LogP contribution in [0.1, 0.15) is 34.1 Å². The van der Waals surface area contributed by atoms with Crippen molar-refractivity contribution in [2.24, 2.45) is 0 Å². The van der Waals surface area contributed by atoms with E-state index in [-0.39, 0.29) is 6.04 Å². The molecule has 1 aromatic heterocycles. The lowest BCUT2D eigenvalue weighted by atomic mass is 10.1. The van der Waals surface area contributed by atoms with Crippen LogP contribution in [0.25, 0.3) is 0 Å². The summed E-state index contributed by atoms with van der Waals surface area (Å²) in [5, 5.41) is 13.3. The highest BCUT2D eigenvalue weighted by Gasteiger charge is 2.13. The van der Waals surface area contributed by atoms with Crippen LogP contribution >= 0.6 is 11.3 Å². The summed E-state index contributed by atoms with van der Waals surface area (Å²) in [5.74, 6) is 0. The second-order valence-corrected chi connectivity index (χ2v) is 5.70. The predicted octanol–water partition coefficient (Wildman–Crippen LogP) is 3.39. The second-order valence-electron chi connectivity index (χ2n) is 4.46. The first-order chi connectivity index (χ1) is 9.01. The largest absolute Gasteiger partial charge is 0.398 e. The van der Waals surface area contributed by atoms with Crippen LogP contribution in [-0.4, -0.2) is 4.98 Å².